The van der Waals surface area contributed by atoms with E-state index < -0.39 is 24.0 Å². The van der Waals surface area contributed by atoms with Gasteiger partial charge in [0.1, 0.15) is 12.6 Å². The first kappa shape index (κ1) is 24.5. The number of carboxylic acid groups (broad SMARTS) is 1. The summed E-state index contributed by atoms with van der Waals surface area (Å²) in [5.41, 5.74) is 5.25. The van der Waals surface area contributed by atoms with Crippen molar-refractivity contribution in [2.24, 2.45) is 0 Å². The lowest BCUT2D eigenvalue weighted by Crippen LogP contribution is -2.47. The van der Waals surface area contributed by atoms with Crippen LogP contribution in [0.2, 0.25) is 0 Å². The number of carbonyl (C=O) groups is 3. The minimum absolute atomic E-state index is 0.0542. The van der Waals surface area contributed by atoms with Crippen LogP contribution in [0.15, 0.2) is 77.3 Å². The zero-order valence-corrected chi connectivity index (χ0v) is 20.5. The summed E-state index contributed by atoms with van der Waals surface area (Å²) < 4.78 is 6.36. The molecule has 0 saturated heterocycles. The first-order valence-corrected chi connectivity index (χ1v) is 12.1. The Bertz CT molecular complexity index is 1200. The number of hydrogen-bond acceptors (Lipinski definition) is 4. The van der Waals surface area contributed by atoms with E-state index in [9.17, 15) is 14.4 Å². The van der Waals surface area contributed by atoms with Crippen LogP contribution in [-0.4, -0.2) is 35.7 Å². The van der Waals surface area contributed by atoms with Crippen molar-refractivity contribution in [3.8, 4) is 11.1 Å². The summed E-state index contributed by atoms with van der Waals surface area (Å²) >= 11 is 3.43. The molecule has 3 aromatic rings. The number of carbonyl (C=O) groups excluding carboxylic acids is 2. The molecule has 0 aliphatic heterocycles. The highest BCUT2D eigenvalue weighted by Gasteiger charge is 2.30. The second kappa shape index (κ2) is 11.2. The Balaban J connectivity index is 1.39. The number of halogens is 1. The molecule has 3 N–H and O–H groups in total. The second-order valence-electron chi connectivity index (χ2n) is 8.26. The van der Waals surface area contributed by atoms with Crippen molar-refractivity contribution in [1.29, 1.82) is 0 Å². The molecule has 2 amide bonds. The molecule has 1 atom stereocenters. The van der Waals surface area contributed by atoms with Crippen LogP contribution in [0.25, 0.3) is 11.1 Å². The fraction of sp³-hybridized carbons (Fsp3) is 0.222. The molecular formula is C27H25BrN2O5. The zero-order chi connectivity index (χ0) is 24.8. The molecule has 0 heterocycles. The van der Waals surface area contributed by atoms with Crippen molar-refractivity contribution in [1.82, 2.24) is 10.6 Å². The highest BCUT2D eigenvalue weighted by atomic mass is 79.9. The number of benzene rings is 3. The van der Waals surface area contributed by atoms with E-state index in [1.165, 1.54) is 0 Å². The van der Waals surface area contributed by atoms with Crippen LogP contribution in [-0.2, 0) is 20.9 Å². The number of ether oxygens (including phenoxy) is 1. The van der Waals surface area contributed by atoms with Gasteiger partial charge in [0, 0.05) is 23.4 Å². The SMILES string of the molecule is O=C(O)CCC(NC(=O)OCC1c2ccccc2-c2ccccc21)C(=O)NCc1ccccc1Br. The van der Waals surface area contributed by atoms with Crippen molar-refractivity contribution >= 4 is 33.9 Å². The van der Waals surface area contributed by atoms with Crippen molar-refractivity contribution in [3.63, 3.8) is 0 Å². The van der Waals surface area contributed by atoms with Crippen LogP contribution in [0.5, 0.6) is 0 Å². The molecule has 0 fully saturated rings. The lowest BCUT2D eigenvalue weighted by atomic mass is 9.98. The van der Waals surface area contributed by atoms with Gasteiger partial charge in [0.15, 0.2) is 0 Å². The van der Waals surface area contributed by atoms with Gasteiger partial charge < -0.3 is 20.5 Å². The maximum absolute atomic E-state index is 12.8. The quantitative estimate of drug-likeness (QED) is 0.363. The van der Waals surface area contributed by atoms with E-state index in [1.54, 1.807) is 0 Å². The van der Waals surface area contributed by atoms with Gasteiger partial charge in [0.25, 0.3) is 0 Å². The number of alkyl carbamates (subject to hydrolysis) is 1. The molecule has 1 aliphatic carbocycles. The summed E-state index contributed by atoms with van der Waals surface area (Å²) in [4.78, 5) is 36.5. The number of amides is 2. The lowest BCUT2D eigenvalue weighted by Gasteiger charge is -2.19. The maximum Gasteiger partial charge on any atom is 0.407 e. The van der Waals surface area contributed by atoms with Crippen LogP contribution >= 0.6 is 15.9 Å². The third-order valence-corrected chi connectivity index (χ3v) is 6.78. The molecule has 0 radical (unpaired) electrons. The topological polar surface area (TPSA) is 105 Å². The Kier molecular flexibility index (Phi) is 7.82. The Hall–Kier alpha value is -3.65. The van der Waals surface area contributed by atoms with Crippen molar-refractivity contribution in [2.45, 2.75) is 31.3 Å². The Morgan fingerprint density at radius 2 is 1.51 bits per heavy atom. The normalized spacial score (nSPS) is 12.8. The summed E-state index contributed by atoms with van der Waals surface area (Å²) in [6.45, 7) is 0.334. The minimum atomic E-state index is -1.05. The van der Waals surface area contributed by atoms with Gasteiger partial charge in [0.05, 0.1) is 0 Å². The largest absolute Gasteiger partial charge is 0.481 e. The second-order valence-corrected chi connectivity index (χ2v) is 9.12. The van der Waals surface area contributed by atoms with Gasteiger partial charge in [-0.05, 0) is 40.3 Å². The van der Waals surface area contributed by atoms with E-state index in [0.29, 0.717) is 0 Å². The lowest BCUT2D eigenvalue weighted by molar-refractivity contribution is -0.137. The number of fused-ring (bicyclic) bond motifs is 3. The predicted molar refractivity (Wildman–Crippen MR) is 135 cm³/mol. The highest BCUT2D eigenvalue weighted by Crippen LogP contribution is 2.44. The summed E-state index contributed by atoms with van der Waals surface area (Å²) in [7, 11) is 0. The van der Waals surface area contributed by atoms with Gasteiger partial charge in [-0.3, -0.25) is 9.59 Å². The minimum Gasteiger partial charge on any atom is -0.481 e. The molecule has 180 valence electrons. The standard InChI is InChI=1S/C27H25BrN2O5/c28-23-12-6-1-7-17(23)15-29-26(33)24(13-14-25(31)32)30-27(34)35-16-22-20-10-4-2-8-18(20)19-9-3-5-11-21(19)22/h1-12,22,24H,13-16H2,(H,29,33)(H,30,34)(H,31,32). The summed E-state index contributed by atoms with van der Waals surface area (Å²) in [5, 5.41) is 14.4. The molecular weight excluding hydrogens is 512 g/mol. The number of aliphatic carboxylic acids is 1. The third kappa shape index (κ3) is 5.89. The van der Waals surface area contributed by atoms with E-state index in [-0.39, 0.29) is 31.9 Å². The van der Waals surface area contributed by atoms with Gasteiger partial charge >= 0.3 is 12.1 Å². The summed E-state index contributed by atoms with van der Waals surface area (Å²) in [5.74, 6) is -1.65. The van der Waals surface area contributed by atoms with E-state index in [2.05, 4.69) is 26.6 Å². The first-order valence-electron chi connectivity index (χ1n) is 11.3. The molecule has 7 nitrogen and oxygen atoms in total. The molecule has 8 heteroatoms. The molecule has 35 heavy (non-hydrogen) atoms. The monoisotopic (exact) mass is 536 g/mol. The van der Waals surface area contributed by atoms with Crippen LogP contribution in [0.4, 0.5) is 4.79 Å². The molecule has 1 aliphatic rings. The van der Waals surface area contributed by atoms with E-state index in [0.717, 1.165) is 32.3 Å². The highest BCUT2D eigenvalue weighted by molar-refractivity contribution is 9.10. The number of rotatable bonds is 9. The predicted octanol–water partition coefficient (Wildman–Crippen LogP) is 4.84. The van der Waals surface area contributed by atoms with Gasteiger partial charge in [-0.2, -0.15) is 0 Å². The number of hydrogen-bond donors (Lipinski definition) is 3. The smallest absolute Gasteiger partial charge is 0.407 e. The number of carboxylic acids is 1. The number of nitrogens with one attached hydrogen (secondary N) is 2. The van der Waals surface area contributed by atoms with Gasteiger partial charge in [-0.1, -0.05) is 82.7 Å². The average molecular weight is 537 g/mol. The van der Waals surface area contributed by atoms with E-state index in [1.807, 2.05) is 72.8 Å². The molecule has 3 aromatic carbocycles. The molecule has 4 rings (SSSR count). The van der Waals surface area contributed by atoms with Crippen LogP contribution < -0.4 is 10.6 Å². The Labute approximate surface area is 211 Å². The van der Waals surface area contributed by atoms with Crippen LogP contribution in [0, 0.1) is 0 Å². The Morgan fingerprint density at radius 1 is 0.914 bits per heavy atom. The fourth-order valence-electron chi connectivity index (χ4n) is 4.27. The van der Waals surface area contributed by atoms with Crippen molar-refractivity contribution in [3.05, 3.63) is 94.0 Å². The van der Waals surface area contributed by atoms with Crippen molar-refractivity contribution in [2.75, 3.05) is 6.61 Å². The maximum atomic E-state index is 12.8. The summed E-state index contributed by atoms with van der Waals surface area (Å²) in [6, 6.07) is 22.4. The van der Waals surface area contributed by atoms with Crippen molar-refractivity contribution < 1.29 is 24.2 Å². The third-order valence-electron chi connectivity index (χ3n) is 6.01. The van der Waals surface area contributed by atoms with Gasteiger partial charge in [-0.25, -0.2) is 4.79 Å². The van der Waals surface area contributed by atoms with Crippen LogP contribution in [0.3, 0.4) is 0 Å². The zero-order valence-electron chi connectivity index (χ0n) is 18.9. The molecule has 1 unspecified atom stereocenters. The molecule has 0 spiro atoms. The molecule has 0 bridgehead atoms. The molecule has 0 saturated carbocycles. The van der Waals surface area contributed by atoms with E-state index in [4.69, 9.17) is 9.84 Å². The summed E-state index contributed by atoms with van der Waals surface area (Å²) in [6.07, 6.45) is -1.09. The van der Waals surface area contributed by atoms with Gasteiger partial charge in [-0.15, -0.1) is 0 Å². The fourth-order valence-corrected chi connectivity index (χ4v) is 4.69. The first-order chi connectivity index (χ1) is 16.9. The van der Waals surface area contributed by atoms with Crippen LogP contribution in [0.1, 0.15) is 35.4 Å². The van der Waals surface area contributed by atoms with E-state index >= 15 is 0 Å². The Morgan fingerprint density at radius 3 is 2.14 bits per heavy atom. The molecule has 0 aromatic heterocycles. The van der Waals surface area contributed by atoms with Gasteiger partial charge in [0.2, 0.25) is 5.91 Å². The average Bonchev–Trinajstić information content (AvgIpc) is 3.18.